The van der Waals surface area contributed by atoms with Gasteiger partial charge in [-0.15, -0.1) is 0 Å². The lowest BCUT2D eigenvalue weighted by molar-refractivity contribution is -0.141. The van der Waals surface area contributed by atoms with Crippen molar-refractivity contribution >= 4 is 34.4 Å². The molecule has 4 rings (SSSR count). The molecule has 0 saturated carbocycles. The van der Waals surface area contributed by atoms with Gasteiger partial charge in [-0.2, -0.15) is 0 Å². The molecule has 0 fully saturated rings. The molecule has 9 heteroatoms. The van der Waals surface area contributed by atoms with Crippen LogP contribution in [0, 0.1) is 0 Å². The zero-order chi connectivity index (χ0) is 23.5. The molecule has 0 saturated heterocycles. The average molecular weight is 466 g/mol. The van der Waals surface area contributed by atoms with Crippen LogP contribution in [0.3, 0.4) is 0 Å². The average Bonchev–Trinajstić information content (AvgIpc) is 3.40. The van der Waals surface area contributed by atoms with Crippen LogP contribution in [-0.4, -0.2) is 52.2 Å². The number of aliphatic carboxylic acids is 1. The van der Waals surface area contributed by atoms with E-state index in [2.05, 4.69) is 22.4 Å². The van der Waals surface area contributed by atoms with Gasteiger partial charge in [0.05, 0.1) is 6.20 Å². The van der Waals surface area contributed by atoms with Crippen molar-refractivity contribution in [2.45, 2.75) is 25.8 Å². The lowest BCUT2D eigenvalue weighted by Gasteiger charge is -2.24. The zero-order valence-corrected chi connectivity index (χ0v) is 19.0. The van der Waals surface area contributed by atoms with Gasteiger partial charge in [-0.05, 0) is 36.1 Å². The van der Waals surface area contributed by atoms with Crippen LogP contribution in [0.1, 0.15) is 40.6 Å². The number of nitrogens with zero attached hydrogens (tertiary/aromatic N) is 2. The number of anilines is 1. The van der Waals surface area contributed by atoms with Crippen molar-refractivity contribution < 1.29 is 24.2 Å². The maximum absolute atomic E-state index is 12.6. The minimum absolute atomic E-state index is 0.0628. The number of fused-ring (bicyclic) bond motifs is 3. The van der Waals surface area contributed by atoms with Crippen LogP contribution in [0.25, 0.3) is 11.1 Å². The molecule has 8 nitrogen and oxygen atoms in total. The number of rotatable bonds is 7. The summed E-state index contributed by atoms with van der Waals surface area (Å²) in [6.45, 7) is 3.55. The molecule has 170 valence electrons. The van der Waals surface area contributed by atoms with Gasteiger partial charge < -0.3 is 14.7 Å². The smallest absolute Gasteiger partial charge is 0.413 e. The van der Waals surface area contributed by atoms with Crippen molar-refractivity contribution in [2.24, 2.45) is 0 Å². The summed E-state index contributed by atoms with van der Waals surface area (Å²) in [4.78, 5) is 41.8. The first-order valence-corrected chi connectivity index (χ1v) is 11.3. The highest BCUT2D eigenvalue weighted by Gasteiger charge is 2.29. The van der Waals surface area contributed by atoms with Gasteiger partial charge >= 0.3 is 12.1 Å². The van der Waals surface area contributed by atoms with Crippen LogP contribution in [-0.2, 0) is 9.53 Å². The molecule has 0 bridgehead atoms. The molecule has 0 spiro atoms. The maximum atomic E-state index is 12.6. The molecule has 3 aromatic rings. The van der Waals surface area contributed by atoms with Gasteiger partial charge in [-0.1, -0.05) is 59.9 Å². The number of thiazole rings is 1. The molecule has 1 unspecified atom stereocenters. The predicted octanol–water partition coefficient (Wildman–Crippen LogP) is 4.44. The fourth-order valence-corrected chi connectivity index (χ4v) is 4.78. The van der Waals surface area contributed by atoms with Gasteiger partial charge in [0, 0.05) is 12.5 Å². The van der Waals surface area contributed by atoms with Crippen LogP contribution >= 0.6 is 11.3 Å². The quantitative estimate of drug-likeness (QED) is 0.534. The van der Waals surface area contributed by atoms with E-state index >= 15 is 0 Å². The lowest BCUT2D eigenvalue weighted by atomic mass is 9.98. The van der Waals surface area contributed by atoms with E-state index in [1.54, 1.807) is 6.92 Å². The Hall–Kier alpha value is -3.72. The van der Waals surface area contributed by atoms with E-state index in [1.807, 2.05) is 36.4 Å². The number of carboxylic acids is 1. The molecule has 1 aliphatic carbocycles. The molecule has 33 heavy (non-hydrogen) atoms. The number of carbonyl (C=O) groups is 3. The summed E-state index contributed by atoms with van der Waals surface area (Å²) in [6, 6.07) is 15.2. The maximum Gasteiger partial charge on any atom is 0.413 e. The summed E-state index contributed by atoms with van der Waals surface area (Å²) in [5.41, 5.74) is 4.50. The molecule has 1 heterocycles. The van der Waals surface area contributed by atoms with Crippen molar-refractivity contribution in [1.82, 2.24) is 9.88 Å². The number of likely N-dealkylation sites (N-methyl/N-ethyl adjacent to an activating group) is 1. The zero-order valence-electron chi connectivity index (χ0n) is 18.1. The lowest BCUT2D eigenvalue weighted by Crippen LogP contribution is -2.42. The SMILES string of the molecule is CCN(C(=O)c1cnc(NC(=O)OCC2c3ccccc3-c3ccccc32)s1)C(C)C(=O)O. The highest BCUT2D eigenvalue weighted by molar-refractivity contribution is 7.17. The monoisotopic (exact) mass is 465 g/mol. The molecule has 1 aliphatic rings. The second kappa shape index (κ2) is 9.41. The highest BCUT2D eigenvalue weighted by atomic mass is 32.1. The van der Waals surface area contributed by atoms with Gasteiger partial charge in [-0.25, -0.2) is 14.6 Å². The van der Waals surface area contributed by atoms with Crippen molar-refractivity contribution in [3.05, 3.63) is 70.7 Å². The Kier molecular flexibility index (Phi) is 6.41. The van der Waals surface area contributed by atoms with Crippen LogP contribution in [0.15, 0.2) is 54.7 Å². The molecule has 1 aromatic heterocycles. The summed E-state index contributed by atoms with van der Waals surface area (Å²) in [5.74, 6) is -1.61. The first kappa shape index (κ1) is 22.5. The normalized spacial score (nSPS) is 13.0. The summed E-state index contributed by atoms with van der Waals surface area (Å²) >= 11 is 0.970. The Morgan fingerprint density at radius 3 is 2.30 bits per heavy atom. The summed E-state index contributed by atoms with van der Waals surface area (Å²) < 4.78 is 5.50. The fraction of sp³-hybridized carbons (Fsp3) is 0.250. The van der Waals surface area contributed by atoms with Crippen molar-refractivity contribution in [3.8, 4) is 11.1 Å². The minimum atomic E-state index is -1.09. The number of hydrogen-bond donors (Lipinski definition) is 2. The van der Waals surface area contributed by atoms with E-state index in [-0.39, 0.29) is 29.1 Å². The molecular weight excluding hydrogens is 442 g/mol. The number of nitrogens with one attached hydrogen (secondary N) is 1. The van der Waals surface area contributed by atoms with E-state index in [0.717, 1.165) is 33.6 Å². The third-order valence-corrected chi connectivity index (χ3v) is 6.60. The first-order chi connectivity index (χ1) is 15.9. The third kappa shape index (κ3) is 4.45. The minimum Gasteiger partial charge on any atom is -0.480 e. The van der Waals surface area contributed by atoms with Crippen LogP contribution in [0.2, 0.25) is 0 Å². The number of aromatic nitrogens is 1. The Morgan fingerprint density at radius 1 is 1.12 bits per heavy atom. The largest absolute Gasteiger partial charge is 0.480 e. The number of carbonyl (C=O) groups excluding carboxylic acids is 2. The van der Waals surface area contributed by atoms with E-state index in [0.29, 0.717) is 0 Å². The number of benzene rings is 2. The van der Waals surface area contributed by atoms with E-state index in [9.17, 15) is 19.5 Å². The topological polar surface area (TPSA) is 109 Å². The fourth-order valence-electron chi connectivity index (χ4n) is 4.02. The van der Waals surface area contributed by atoms with Gasteiger partial charge in [-0.3, -0.25) is 10.1 Å². The molecule has 0 radical (unpaired) electrons. The van der Waals surface area contributed by atoms with Crippen molar-refractivity contribution in [2.75, 3.05) is 18.5 Å². The summed E-state index contributed by atoms with van der Waals surface area (Å²) in [5, 5.41) is 12.0. The van der Waals surface area contributed by atoms with Gasteiger partial charge in [0.25, 0.3) is 5.91 Å². The van der Waals surface area contributed by atoms with Crippen molar-refractivity contribution in [3.63, 3.8) is 0 Å². The summed E-state index contributed by atoms with van der Waals surface area (Å²) in [7, 11) is 0. The molecule has 2 aromatic carbocycles. The molecular formula is C24H23N3O5S. The van der Waals surface area contributed by atoms with E-state index in [4.69, 9.17) is 4.74 Å². The second-order valence-corrected chi connectivity index (χ2v) is 8.62. The third-order valence-electron chi connectivity index (χ3n) is 5.70. The van der Waals surface area contributed by atoms with E-state index in [1.165, 1.54) is 18.0 Å². The highest BCUT2D eigenvalue weighted by Crippen LogP contribution is 2.44. The van der Waals surface area contributed by atoms with E-state index < -0.39 is 24.0 Å². The molecule has 2 amide bonds. The molecule has 1 atom stereocenters. The Labute approximate surface area is 194 Å². The van der Waals surface area contributed by atoms with Crippen LogP contribution in [0.5, 0.6) is 0 Å². The van der Waals surface area contributed by atoms with Gasteiger partial charge in [0.2, 0.25) is 0 Å². The number of amides is 2. The van der Waals surface area contributed by atoms with Crippen molar-refractivity contribution in [1.29, 1.82) is 0 Å². The summed E-state index contributed by atoms with van der Waals surface area (Å²) in [6.07, 6.45) is 0.653. The Bertz CT molecular complexity index is 1160. The standard InChI is InChI=1S/C24H23N3O5S/c1-3-27(14(2)22(29)30)21(28)20-12-25-23(33-20)26-24(31)32-13-19-17-10-6-4-8-15(17)16-9-5-7-11-18(16)19/h4-12,14,19H,3,13H2,1-2H3,(H,29,30)(H,25,26,31). The Morgan fingerprint density at radius 2 is 1.73 bits per heavy atom. The molecule has 2 N–H and O–H groups in total. The Balaban J connectivity index is 1.40. The predicted molar refractivity (Wildman–Crippen MR) is 125 cm³/mol. The first-order valence-electron chi connectivity index (χ1n) is 10.5. The van der Waals surface area contributed by atoms with Crippen LogP contribution in [0.4, 0.5) is 9.93 Å². The van der Waals surface area contributed by atoms with Crippen LogP contribution < -0.4 is 5.32 Å². The number of ether oxygens (including phenoxy) is 1. The van der Waals surface area contributed by atoms with Gasteiger partial charge in [0.1, 0.15) is 17.5 Å². The molecule has 0 aliphatic heterocycles. The number of carboxylic acid groups (broad SMARTS) is 1. The number of hydrogen-bond acceptors (Lipinski definition) is 6. The van der Waals surface area contributed by atoms with Gasteiger partial charge in [0.15, 0.2) is 5.13 Å². The second-order valence-electron chi connectivity index (χ2n) is 7.59.